The fraction of sp³-hybridized carbons (Fsp3) is 0.200. The highest BCUT2D eigenvalue weighted by Gasteiger charge is 2.16. The third kappa shape index (κ3) is 3.17. The largest absolute Gasteiger partial charge is 0.496 e. The van der Waals surface area contributed by atoms with Crippen LogP contribution in [0.4, 0.5) is 0 Å². The van der Waals surface area contributed by atoms with Crippen molar-refractivity contribution in [2.45, 2.75) is 13.0 Å². The Kier molecular flexibility index (Phi) is 4.74. The van der Waals surface area contributed by atoms with E-state index in [2.05, 4.69) is 26.2 Å². The quantitative estimate of drug-likeness (QED) is 0.872. The van der Waals surface area contributed by atoms with Crippen LogP contribution in [-0.2, 0) is 0 Å². The second kappa shape index (κ2) is 6.52. The van der Waals surface area contributed by atoms with Crippen LogP contribution >= 0.6 is 15.9 Å². The van der Waals surface area contributed by atoms with Gasteiger partial charge in [0.15, 0.2) is 0 Å². The molecule has 1 atom stereocenters. The van der Waals surface area contributed by atoms with Crippen molar-refractivity contribution >= 4 is 21.8 Å². The van der Waals surface area contributed by atoms with Crippen molar-refractivity contribution < 1.29 is 9.53 Å². The molecule has 0 saturated heterocycles. The highest BCUT2D eigenvalue weighted by Crippen LogP contribution is 2.25. The number of carbonyl (C=O) groups is 1. The molecular weight excluding hydrogens is 320 g/mol. The zero-order chi connectivity index (χ0) is 14.5. The molecule has 20 heavy (non-hydrogen) atoms. The first-order valence-corrected chi connectivity index (χ1v) is 6.97. The monoisotopic (exact) mass is 334 g/mol. The molecule has 5 heteroatoms. The fourth-order valence-electron chi connectivity index (χ4n) is 1.93. The molecular formula is C15H15BrN2O2. The third-order valence-electron chi connectivity index (χ3n) is 2.96. The van der Waals surface area contributed by atoms with Gasteiger partial charge >= 0.3 is 0 Å². The molecule has 0 aliphatic rings. The maximum atomic E-state index is 12.2. The van der Waals surface area contributed by atoms with Crippen molar-refractivity contribution in [3.63, 3.8) is 0 Å². The Bertz CT molecular complexity index is 616. The number of rotatable bonds is 4. The lowest BCUT2D eigenvalue weighted by molar-refractivity contribution is 0.0938. The molecule has 1 aromatic heterocycles. The average molecular weight is 335 g/mol. The van der Waals surface area contributed by atoms with E-state index in [9.17, 15) is 4.79 Å². The average Bonchev–Trinajstić information content (AvgIpc) is 2.47. The van der Waals surface area contributed by atoms with E-state index in [1.807, 2.05) is 31.2 Å². The van der Waals surface area contributed by atoms with Crippen LogP contribution in [0.25, 0.3) is 0 Å². The van der Waals surface area contributed by atoms with Gasteiger partial charge < -0.3 is 10.1 Å². The van der Waals surface area contributed by atoms with Gasteiger partial charge in [0.25, 0.3) is 5.91 Å². The normalized spacial score (nSPS) is 11.8. The number of pyridine rings is 1. The number of carbonyl (C=O) groups excluding carboxylic acids is 1. The molecule has 0 radical (unpaired) electrons. The van der Waals surface area contributed by atoms with E-state index in [1.54, 1.807) is 25.4 Å². The van der Waals surface area contributed by atoms with Gasteiger partial charge in [-0.05, 0) is 41.1 Å². The van der Waals surface area contributed by atoms with Gasteiger partial charge in [0.2, 0.25) is 0 Å². The van der Waals surface area contributed by atoms with E-state index >= 15 is 0 Å². The Morgan fingerprint density at radius 2 is 2.05 bits per heavy atom. The first-order chi connectivity index (χ1) is 9.63. The summed E-state index contributed by atoms with van der Waals surface area (Å²) in [4.78, 5) is 16.3. The number of hydrogen-bond acceptors (Lipinski definition) is 3. The zero-order valence-electron chi connectivity index (χ0n) is 11.3. The van der Waals surface area contributed by atoms with Gasteiger partial charge in [-0.15, -0.1) is 0 Å². The molecule has 0 aliphatic heterocycles. The maximum absolute atomic E-state index is 12.2. The van der Waals surface area contributed by atoms with Crippen molar-refractivity contribution in [3.8, 4) is 5.75 Å². The predicted octanol–water partition coefficient (Wildman–Crippen LogP) is 3.34. The van der Waals surface area contributed by atoms with Crippen LogP contribution in [0.5, 0.6) is 5.75 Å². The molecule has 1 heterocycles. The minimum atomic E-state index is -0.177. The van der Waals surface area contributed by atoms with E-state index in [1.165, 1.54) is 0 Å². The van der Waals surface area contributed by atoms with E-state index in [0.29, 0.717) is 10.2 Å². The van der Waals surface area contributed by atoms with Gasteiger partial charge in [0.05, 0.1) is 18.7 Å². The Balaban J connectivity index is 2.18. The molecule has 1 unspecified atom stereocenters. The van der Waals surface area contributed by atoms with Crippen LogP contribution in [0.2, 0.25) is 0 Å². The second-order valence-corrected chi connectivity index (χ2v) is 5.03. The first-order valence-electron chi connectivity index (χ1n) is 6.17. The van der Waals surface area contributed by atoms with Crippen molar-refractivity contribution in [1.29, 1.82) is 0 Å². The van der Waals surface area contributed by atoms with Gasteiger partial charge in [-0.25, -0.2) is 4.98 Å². The van der Waals surface area contributed by atoms with Crippen LogP contribution in [-0.4, -0.2) is 18.0 Å². The topological polar surface area (TPSA) is 51.2 Å². The number of aromatic nitrogens is 1. The van der Waals surface area contributed by atoms with Crippen molar-refractivity contribution in [1.82, 2.24) is 10.3 Å². The Hall–Kier alpha value is -1.88. The number of nitrogens with zero attached hydrogens (tertiary/aromatic N) is 1. The SMILES string of the molecule is COc1ccccc1C(C)NC(=O)c1cccnc1Br. The summed E-state index contributed by atoms with van der Waals surface area (Å²) < 4.78 is 5.84. The lowest BCUT2D eigenvalue weighted by Crippen LogP contribution is -2.27. The number of benzene rings is 1. The molecule has 1 aromatic carbocycles. The summed E-state index contributed by atoms with van der Waals surface area (Å²) in [5.41, 5.74) is 1.44. The molecule has 1 amide bonds. The van der Waals surface area contributed by atoms with Gasteiger partial charge in [0.1, 0.15) is 10.4 Å². The van der Waals surface area contributed by atoms with Gasteiger partial charge in [0, 0.05) is 11.8 Å². The Morgan fingerprint density at radius 1 is 1.30 bits per heavy atom. The number of amides is 1. The summed E-state index contributed by atoms with van der Waals surface area (Å²) in [6.07, 6.45) is 1.63. The smallest absolute Gasteiger partial charge is 0.254 e. The highest BCUT2D eigenvalue weighted by atomic mass is 79.9. The zero-order valence-corrected chi connectivity index (χ0v) is 12.8. The van der Waals surface area contributed by atoms with Crippen LogP contribution in [0.1, 0.15) is 28.9 Å². The van der Waals surface area contributed by atoms with Gasteiger partial charge in [-0.2, -0.15) is 0 Å². The molecule has 4 nitrogen and oxygen atoms in total. The van der Waals surface area contributed by atoms with E-state index in [-0.39, 0.29) is 11.9 Å². The minimum Gasteiger partial charge on any atom is -0.496 e. The minimum absolute atomic E-state index is 0.161. The van der Waals surface area contributed by atoms with Gasteiger partial charge in [-0.3, -0.25) is 4.79 Å². The van der Waals surface area contributed by atoms with Crippen LogP contribution < -0.4 is 10.1 Å². The Labute approximate surface area is 126 Å². The summed E-state index contributed by atoms with van der Waals surface area (Å²) in [6.45, 7) is 1.92. The molecule has 1 N–H and O–H groups in total. The standard InChI is InChI=1S/C15H15BrN2O2/c1-10(11-6-3-4-8-13(11)20-2)18-15(19)12-7-5-9-17-14(12)16/h3-10H,1-2H3,(H,18,19). The number of hydrogen-bond donors (Lipinski definition) is 1. The summed E-state index contributed by atoms with van der Waals surface area (Å²) in [7, 11) is 1.62. The molecule has 0 fully saturated rings. The highest BCUT2D eigenvalue weighted by molar-refractivity contribution is 9.10. The molecule has 104 valence electrons. The van der Waals surface area contributed by atoms with Crippen LogP contribution in [0, 0.1) is 0 Å². The molecule has 2 rings (SSSR count). The summed E-state index contributed by atoms with van der Waals surface area (Å²) in [6, 6.07) is 10.9. The summed E-state index contributed by atoms with van der Waals surface area (Å²) in [5.74, 6) is 0.578. The van der Waals surface area contributed by atoms with Crippen molar-refractivity contribution in [2.75, 3.05) is 7.11 Å². The van der Waals surface area contributed by atoms with E-state index < -0.39 is 0 Å². The summed E-state index contributed by atoms with van der Waals surface area (Å²) >= 11 is 3.27. The third-order valence-corrected chi connectivity index (χ3v) is 3.59. The van der Waals surface area contributed by atoms with E-state index in [0.717, 1.165) is 11.3 Å². The van der Waals surface area contributed by atoms with Crippen LogP contribution in [0.3, 0.4) is 0 Å². The molecule has 0 saturated carbocycles. The number of ether oxygens (including phenoxy) is 1. The Morgan fingerprint density at radius 3 is 2.75 bits per heavy atom. The first kappa shape index (κ1) is 14.5. The number of methoxy groups -OCH3 is 1. The lowest BCUT2D eigenvalue weighted by atomic mass is 10.1. The van der Waals surface area contributed by atoms with E-state index in [4.69, 9.17) is 4.74 Å². The second-order valence-electron chi connectivity index (χ2n) is 4.28. The number of para-hydroxylation sites is 1. The number of nitrogens with one attached hydrogen (secondary N) is 1. The van der Waals surface area contributed by atoms with Gasteiger partial charge in [-0.1, -0.05) is 18.2 Å². The number of halogens is 1. The maximum Gasteiger partial charge on any atom is 0.254 e. The summed E-state index contributed by atoms with van der Waals surface area (Å²) in [5, 5.41) is 2.94. The lowest BCUT2D eigenvalue weighted by Gasteiger charge is -2.17. The molecule has 0 bridgehead atoms. The molecule has 0 aliphatic carbocycles. The fourth-order valence-corrected chi connectivity index (χ4v) is 2.36. The molecule has 0 spiro atoms. The van der Waals surface area contributed by atoms with Crippen molar-refractivity contribution in [2.24, 2.45) is 0 Å². The predicted molar refractivity (Wildman–Crippen MR) is 80.8 cm³/mol. The van der Waals surface area contributed by atoms with Crippen molar-refractivity contribution in [3.05, 3.63) is 58.3 Å². The van der Waals surface area contributed by atoms with Crippen LogP contribution in [0.15, 0.2) is 47.2 Å². The molecule has 2 aromatic rings.